The van der Waals surface area contributed by atoms with Crippen molar-refractivity contribution in [3.05, 3.63) is 41.5 Å². The van der Waals surface area contributed by atoms with E-state index in [0.717, 1.165) is 5.56 Å². The van der Waals surface area contributed by atoms with Crippen LogP contribution in [0.5, 0.6) is 0 Å². The summed E-state index contributed by atoms with van der Waals surface area (Å²) in [7, 11) is 0. The molecular formula is C11H11ClFN3. The summed E-state index contributed by atoms with van der Waals surface area (Å²) in [6.07, 6.45) is 1.64. The molecule has 0 aliphatic heterocycles. The van der Waals surface area contributed by atoms with Gasteiger partial charge in [0.15, 0.2) is 0 Å². The molecule has 0 saturated carbocycles. The summed E-state index contributed by atoms with van der Waals surface area (Å²) in [6.45, 7) is 3.62. The maximum Gasteiger partial charge on any atom is 0.149 e. The molecule has 1 atom stereocenters. The second-order valence-electron chi connectivity index (χ2n) is 3.61. The topological polar surface area (TPSA) is 30.7 Å². The summed E-state index contributed by atoms with van der Waals surface area (Å²) in [6, 6.07) is 4.88. The van der Waals surface area contributed by atoms with E-state index in [1.54, 1.807) is 19.2 Å². The Labute approximate surface area is 97.8 Å². The fourth-order valence-electron chi connectivity index (χ4n) is 1.48. The smallest absolute Gasteiger partial charge is 0.149 e. The van der Waals surface area contributed by atoms with Crippen LogP contribution in [0.3, 0.4) is 0 Å². The second kappa shape index (κ2) is 4.22. The van der Waals surface area contributed by atoms with Crippen LogP contribution in [-0.4, -0.2) is 15.0 Å². The van der Waals surface area contributed by atoms with Crippen molar-refractivity contribution in [2.24, 2.45) is 0 Å². The highest BCUT2D eigenvalue weighted by Crippen LogP contribution is 2.20. The van der Waals surface area contributed by atoms with Gasteiger partial charge < -0.3 is 0 Å². The number of rotatable bonds is 2. The van der Waals surface area contributed by atoms with Crippen LogP contribution in [0, 0.1) is 12.7 Å². The number of aromatic nitrogens is 3. The summed E-state index contributed by atoms with van der Waals surface area (Å²) in [4.78, 5) is 0. The molecule has 1 unspecified atom stereocenters. The van der Waals surface area contributed by atoms with E-state index in [1.165, 1.54) is 10.7 Å². The number of benzene rings is 1. The molecule has 0 N–H and O–H groups in total. The molecule has 3 nitrogen and oxygen atoms in total. The average Bonchev–Trinajstić information content (AvgIpc) is 2.66. The molecule has 0 radical (unpaired) electrons. The van der Waals surface area contributed by atoms with Crippen molar-refractivity contribution in [1.29, 1.82) is 0 Å². The van der Waals surface area contributed by atoms with Crippen LogP contribution in [0.15, 0.2) is 24.4 Å². The number of alkyl halides is 1. The van der Waals surface area contributed by atoms with Gasteiger partial charge in [-0.15, -0.1) is 16.7 Å². The number of hydrogen-bond donors (Lipinski definition) is 0. The number of nitrogens with zero attached hydrogens (tertiary/aromatic N) is 3. The lowest BCUT2D eigenvalue weighted by molar-refractivity contribution is 0.605. The van der Waals surface area contributed by atoms with Crippen molar-refractivity contribution in [3.8, 4) is 5.69 Å². The highest BCUT2D eigenvalue weighted by molar-refractivity contribution is 6.20. The van der Waals surface area contributed by atoms with Gasteiger partial charge in [0.2, 0.25) is 0 Å². The maximum absolute atomic E-state index is 13.6. The predicted molar refractivity (Wildman–Crippen MR) is 60.3 cm³/mol. The molecule has 0 spiro atoms. The van der Waals surface area contributed by atoms with E-state index in [4.69, 9.17) is 11.6 Å². The zero-order valence-corrected chi connectivity index (χ0v) is 9.74. The Morgan fingerprint density at radius 2 is 2.19 bits per heavy atom. The van der Waals surface area contributed by atoms with Crippen molar-refractivity contribution in [1.82, 2.24) is 15.0 Å². The van der Waals surface area contributed by atoms with Gasteiger partial charge in [0.1, 0.15) is 17.2 Å². The largest absolute Gasteiger partial charge is 0.217 e. The fourth-order valence-corrected chi connectivity index (χ4v) is 1.58. The van der Waals surface area contributed by atoms with Gasteiger partial charge in [0.25, 0.3) is 0 Å². The minimum absolute atomic E-state index is 0.235. The highest BCUT2D eigenvalue weighted by Gasteiger charge is 2.12. The SMILES string of the molecule is Cc1cccc(F)c1-n1cc(C(C)Cl)nn1. The molecule has 0 aliphatic rings. The standard InChI is InChI=1S/C11H11ClFN3/c1-7-4-3-5-9(13)11(7)16-6-10(8(2)12)14-15-16/h3-6,8H,1-2H3. The lowest BCUT2D eigenvalue weighted by Crippen LogP contribution is -2.01. The van der Waals surface area contributed by atoms with Crippen molar-refractivity contribution in [3.63, 3.8) is 0 Å². The molecular weight excluding hydrogens is 229 g/mol. The van der Waals surface area contributed by atoms with Crippen LogP contribution >= 0.6 is 11.6 Å². The Morgan fingerprint density at radius 3 is 2.75 bits per heavy atom. The molecule has 1 aromatic heterocycles. The Kier molecular flexibility index (Phi) is 2.92. The van der Waals surface area contributed by atoms with Gasteiger partial charge in [-0.3, -0.25) is 0 Å². The van der Waals surface area contributed by atoms with Crippen molar-refractivity contribution in [2.75, 3.05) is 0 Å². The molecule has 2 rings (SSSR count). The molecule has 0 amide bonds. The third-order valence-electron chi connectivity index (χ3n) is 2.34. The Morgan fingerprint density at radius 1 is 1.44 bits per heavy atom. The fraction of sp³-hybridized carbons (Fsp3) is 0.273. The van der Waals surface area contributed by atoms with E-state index in [1.807, 2.05) is 13.0 Å². The summed E-state index contributed by atoms with van der Waals surface area (Å²) in [5, 5.41) is 7.52. The van der Waals surface area contributed by atoms with Gasteiger partial charge in [-0.2, -0.15) is 0 Å². The van der Waals surface area contributed by atoms with E-state index in [2.05, 4.69) is 10.3 Å². The zero-order valence-electron chi connectivity index (χ0n) is 8.98. The van der Waals surface area contributed by atoms with E-state index in [-0.39, 0.29) is 11.2 Å². The third-order valence-corrected chi connectivity index (χ3v) is 2.56. The average molecular weight is 240 g/mol. The second-order valence-corrected chi connectivity index (χ2v) is 4.26. The van der Waals surface area contributed by atoms with E-state index < -0.39 is 0 Å². The van der Waals surface area contributed by atoms with Gasteiger partial charge in [-0.1, -0.05) is 17.3 Å². The van der Waals surface area contributed by atoms with Gasteiger partial charge in [-0.25, -0.2) is 9.07 Å². The van der Waals surface area contributed by atoms with Gasteiger partial charge in [-0.05, 0) is 25.5 Å². The first-order valence-corrected chi connectivity index (χ1v) is 5.35. The molecule has 0 bridgehead atoms. The normalized spacial score (nSPS) is 12.8. The highest BCUT2D eigenvalue weighted by atomic mass is 35.5. The van der Waals surface area contributed by atoms with E-state index in [0.29, 0.717) is 11.4 Å². The molecule has 1 aromatic carbocycles. The lowest BCUT2D eigenvalue weighted by Gasteiger charge is -2.05. The first kappa shape index (κ1) is 11.1. The van der Waals surface area contributed by atoms with Crippen LogP contribution in [0.4, 0.5) is 4.39 Å². The molecule has 2 aromatic rings. The Bertz CT molecular complexity index is 487. The quantitative estimate of drug-likeness (QED) is 0.755. The predicted octanol–water partition coefficient (Wildman–Crippen LogP) is 3.01. The Balaban J connectivity index is 2.50. The molecule has 0 fully saturated rings. The third kappa shape index (κ3) is 1.93. The summed E-state index contributed by atoms with van der Waals surface area (Å²) in [5.41, 5.74) is 1.85. The van der Waals surface area contributed by atoms with E-state index >= 15 is 0 Å². The maximum atomic E-state index is 13.6. The molecule has 0 saturated heterocycles. The van der Waals surface area contributed by atoms with Crippen LogP contribution < -0.4 is 0 Å². The molecule has 5 heteroatoms. The van der Waals surface area contributed by atoms with Crippen LogP contribution in [0.2, 0.25) is 0 Å². The number of halogens is 2. The van der Waals surface area contributed by atoms with E-state index in [9.17, 15) is 4.39 Å². The van der Waals surface area contributed by atoms with Crippen LogP contribution in [-0.2, 0) is 0 Å². The summed E-state index contributed by atoms with van der Waals surface area (Å²) < 4.78 is 15.0. The van der Waals surface area contributed by atoms with Crippen LogP contribution in [0.1, 0.15) is 23.6 Å². The van der Waals surface area contributed by atoms with Gasteiger partial charge in [0, 0.05) is 0 Å². The van der Waals surface area contributed by atoms with Crippen molar-refractivity contribution < 1.29 is 4.39 Å². The number of hydrogen-bond acceptors (Lipinski definition) is 2. The minimum Gasteiger partial charge on any atom is -0.217 e. The van der Waals surface area contributed by atoms with Crippen molar-refractivity contribution in [2.45, 2.75) is 19.2 Å². The summed E-state index contributed by atoms with van der Waals surface area (Å²) >= 11 is 5.87. The van der Waals surface area contributed by atoms with Gasteiger partial charge >= 0.3 is 0 Å². The first-order valence-electron chi connectivity index (χ1n) is 4.91. The van der Waals surface area contributed by atoms with Crippen molar-refractivity contribution >= 4 is 11.6 Å². The Hall–Kier alpha value is -1.42. The first-order chi connectivity index (χ1) is 7.59. The number of aryl methyl sites for hydroxylation is 1. The molecule has 84 valence electrons. The molecule has 0 aliphatic carbocycles. The zero-order chi connectivity index (χ0) is 11.7. The molecule has 1 heterocycles. The lowest BCUT2D eigenvalue weighted by atomic mass is 10.2. The summed E-state index contributed by atoms with van der Waals surface area (Å²) in [5.74, 6) is -0.321. The molecule has 16 heavy (non-hydrogen) atoms. The minimum atomic E-state index is -0.321. The van der Waals surface area contributed by atoms with Gasteiger partial charge in [0.05, 0.1) is 11.6 Å². The number of para-hydroxylation sites is 1. The van der Waals surface area contributed by atoms with Crippen LogP contribution in [0.25, 0.3) is 5.69 Å². The monoisotopic (exact) mass is 239 g/mol.